The summed E-state index contributed by atoms with van der Waals surface area (Å²) in [5.74, 6) is 0.00500. The smallest absolute Gasteiger partial charge is 0.258 e. The summed E-state index contributed by atoms with van der Waals surface area (Å²) in [4.78, 5) is 14.7. The number of nitrogen functional groups attached to an aromatic ring is 1. The third-order valence-corrected chi connectivity index (χ3v) is 3.68. The molecule has 0 radical (unpaired) electrons. The normalized spacial score (nSPS) is 10.5. The highest BCUT2D eigenvalue weighted by Crippen LogP contribution is 2.26. The highest BCUT2D eigenvalue weighted by atomic mass is 16.2. The molecule has 0 aliphatic carbocycles. The third kappa shape index (κ3) is 2.92. The Morgan fingerprint density at radius 1 is 1.10 bits per heavy atom. The van der Waals surface area contributed by atoms with E-state index in [1.165, 1.54) is 5.56 Å². The molecular formula is C18H22N2O. The lowest BCUT2D eigenvalue weighted by molar-refractivity contribution is 0.0987. The van der Waals surface area contributed by atoms with Crippen LogP contribution in [0.1, 0.15) is 34.0 Å². The monoisotopic (exact) mass is 282 g/mol. The Balaban J connectivity index is 2.50. The van der Waals surface area contributed by atoms with Crippen LogP contribution in [0.4, 0.5) is 11.4 Å². The summed E-state index contributed by atoms with van der Waals surface area (Å²) in [6.07, 6.45) is 0. The maximum absolute atomic E-state index is 13.0. The summed E-state index contributed by atoms with van der Waals surface area (Å²) in [7, 11) is 0. The first-order chi connectivity index (χ1) is 9.95. The van der Waals surface area contributed by atoms with Crippen LogP contribution in [0, 0.1) is 20.8 Å². The Labute approximate surface area is 126 Å². The van der Waals surface area contributed by atoms with Gasteiger partial charge in [0.25, 0.3) is 5.91 Å². The number of hydrogen-bond donors (Lipinski definition) is 1. The van der Waals surface area contributed by atoms with Crippen LogP contribution in [0.15, 0.2) is 36.4 Å². The number of aryl methyl sites for hydroxylation is 3. The van der Waals surface area contributed by atoms with Crippen LogP contribution in [0.2, 0.25) is 0 Å². The first kappa shape index (κ1) is 15.1. The molecule has 3 heteroatoms. The predicted octanol–water partition coefficient (Wildman–Crippen LogP) is 3.86. The van der Waals surface area contributed by atoms with Gasteiger partial charge >= 0.3 is 0 Å². The van der Waals surface area contributed by atoms with E-state index in [-0.39, 0.29) is 5.91 Å². The minimum atomic E-state index is 0.00500. The van der Waals surface area contributed by atoms with Gasteiger partial charge in [0.2, 0.25) is 0 Å². The molecule has 1 amide bonds. The number of carbonyl (C=O) groups is 1. The maximum atomic E-state index is 13.0. The molecule has 0 aromatic heterocycles. The van der Waals surface area contributed by atoms with Gasteiger partial charge in [-0.1, -0.05) is 29.8 Å². The highest BCUT2D eigenvalue weighted by Gasteiger charge is 2.21. The van der Waals surface area contributed by atoms with Crippen LogP contribution in [-0.2, 0) is 0 Å². The van der Waals surface area contributed by atoms with Crippen molar-refractivity contribution >= 4 is 17.3 Å². The molecular weight excluding hydrogens is 260 g/mol. The molecule has 0 saturated heterocycles. The second-order valence-corrected chi connectivity index (χ2v) is 5.38. The van der Waals surface area contributed by atoms with Crippen LogP contribution in [0.3, 0.4) is 0 Å². The minimum absolute atomic E-state index is 0.00500. The summed E-state index contributed by atoms with van der Waals surface area (Å²) in [5, 5.41) is 0. The van der Waals surface area contributed by atoms with Gasteiger partial charge < -0.3 is 10.6 Å². The average molecular weight is 282 g/mol. The summed E-state index contributed by atoms with van der Waals surface area (Å²) in [6.45, 7) is 8.55. The fourth-order valence-electron chi connectivity index (χ4n) is 2.81. The molecule has 0 aliphatic rings. The van der Waals surface area contributed by atoms with E-state index in [0.717, 1.165) is 22.4 Å². The molecule has 0 aliphatic heterocycles. The van der Waals surface area contributed by atoms with E-state index in [9.17, 15) is 4.79 Å². The number of nitrogens with zero attached hydrogens (tertiary/aromatic N) is 1. The van der Waals surface area contributed by atoms with Crippen LogP contribution in [-0.4, -0.2) is 12.5 Å². The van der Waals surface area contributed by atoms with E-state index in [0.29, 0.717) is 12.2 Å². The summed E-state index contributed by atoms with van der Waals surface area (Å²) in [5.41, 5.74) is 11.4. The molecule has 3 nitrogen and oxygen atoms in total. The molecule has 110 valence electrons. The lowest BCUT2D eigenvalue weighted by Crippen LogP contribution is -2.32. The van der Waals surface area contributed by atoms with Gasteiger partial charge in [0.05, 0.1) is 11.4 Å². The Kier molecular flexibility index (Phi) is 4.32. The average Bonchev–Trinajstić information content (AvgIpc) is 2.40. The van der Waals surface area contributed by atoms with Gasteiger partial charge in [-0.15, -0.1) is 0 Å². The van der Waals surface area contributed by atoms with Gasteiger partial charge in [-0.05, 0) is 51.0 Å². The van der Waals surface area contributed by atoms with Crippen molar-refractivity contribution in [3.63, 3.8) is 0 Å². The third-order valence-electron chi connectivity index (χ3n) is 3.68. The zero-order chi connectivity index (χ0) is 15.6. The van der Waals surface area contributed by atoms with Crippen molar-refractivity contribution < 1.29 is 4.79 Å². The van der Waals surface area contributed by atoms with E-state index in [1.807, 2.05) is 64.1 Å². The molecule has 21 heavy (non-hydrogen) atoms. The van der Waals surface area contributed by atoms with E-state index < -0.39 is 0 Å². The number of rotatable bonds is 3. The Hall–Kier alpha value is -2.29. The van der Waals surface area contributed by atoms with Gasteiger partial charge in [-0.25, -0.2) is 0 Å². The SMILES string of the molecule is CCN(C(=O)c1c(C)cc(C)cc1C)c1ccccc1N. The number of amides is 1. The molecule has 0 saturated carbocycles. The quantitative estimate of drug-likeness (QED) is 0.869. The summed E-state index contributed by atoms with van der Waals surface area (Å²) < 4.78 is 0. The lowest BCUT2D eigenvalue weighted by atomic mass is 9.98. The number of para-hydroxylation sites is 2. The second kappa shape index (κ2) is 6.00. The molecule has 2 N–H and O–H groups in total. The fraction of sp³-hybridized carbons (Fsp3) is 0.278. The first-order valence-corrected chi connectivity index (χ1v) is 7.20. The second-order valence-electron chi connectivity index (χ2n) is 5.38. The van der Waals surface area contributed by atoms with Gasteiger partial charge in [0, 0.05) is 12.1 Å². The minimum Gasteiger partial charge on any atom is -0.397 e. The van der Waals surface area contributed by atoms with Crippen molar-refractivity contribution in [3.8, 4) is 0 Å². The van der Waals surface area contributed by atoms with Crippen LogP contribution in [0.5, 0.6) is 0 Å². The summed E-state index contributed by atoms with van der Waals surface area (Å²) >= 11 is 0. The highest BCUT2D eigenvalue weighted by molar-refractivity contribution is 6.09. The number of carbonyl (C=O) groups excluding carboxylic acids is 1. The molecule has 2 rings (SSSR count). The molecule has 2 aromatic rings. The van der Waals surface area contributed by atoms with E-state index in [4.69, 9.17) is 5.73 Å². The van der Waals surface area contributed by atoms with Crippen LogP contribution >= 0.6 is 0 Å². The van der Waals surface area contributed by atoms with Crippen molar-refractivity contribution in [2.24, 2.45) is 0 Å². The number of nitrogens with two attached hydrogens (primary N) is 1. The maximum Gasteiger partial charge on any atom is 0.258 e. The fourth-order valence-corrected chi connectivity index (χ4v) is 2.81. The Bertz CT molecular complexity index is 654. The van der Waals surface area contributed by atoms with E-state index in [1.54, 1.807) is 4.90 Å². The summed E-state index contributed by atoms with van der Waals surface area (Å²) in [6, 6.07) is 11.6. The standard InChI is InChI=1S/C18H22N2O/c1-5-20(16-9-7-6-8-15(16)19)18(21)17-13(3)10-12(2)11-14(17)4/h6-11H,5,19H2,1-4H3. The number of benzene rings is 2. The zero-order valence-corrected chi connectivity index (χ0v) is 13.1. The molecule has 0 unspecified atom stereocenters. The first-order valence-electron chi connectivity index (χ1n) is 7.20. The topological polar surface area (TPSA) is 46.3 Å². The van der Waals surface area contributed by atoms with Crippen molar-refractivity contribution in [1.29, 1.82) is 0 Å². The van der Waals surface area contributed by atoms with Crippen molar-refractivity contribution in [2.75, 3.05) is 17.2 Å². The lowest BCUT2D eigenvalue weighted by Gasteiger charge is -2.24. The predicted molar refractivity (Wildman–Crippen MR) is 88.9 cm³/mol. The van der Waals surface area contributed by atoms with Crippen LogP contribution < -0.4 is 10.6 Å². The molecule has 0 spiro atoms. The number of hydrogen-bond acceptors (Lipinski definition) is 2. The molecule has 2 aromatic carbocycles. The van der Waals surface area contributed by atoms with Gasteiger partial charge in [-0.3, -0.25) is 4.79 Å². The Morgan fingerprint density at radius 2 is 1.67 bits per heavy atom. The van der Waals surface area contributed by atoms with Crippen molar-refractivity contribution in [3.05, 3.63) is 58.7 Å². The van der Waals surface area contributed by atoms with E-state index in [2.05, 4.69) is 0 Å². The molecule has 0 bridgehead atoms. The molecule has 0 fully saturated rings. The van der Waals surface area contributed by atoms with Gasteiger partial charge in [0.1, 0.15) is 0 Å². The largest absolute Gasteiger partial charge is 0.397 e. The Morgan fingerprint density at radius 3 is 2.19 bits per heavy atom. The van der Waals surface area contributed by atoms with Crippen molar-refractivity contribution in [2.45, 2.75) is 27.7 Å². The van der Waals surface area contributed by atoms with E-state index >= 15 is 0 Å². The number of anilines is 2. The van der Waals surface area contributed by atoms with Gasteiger partial charge in [-0.2, -0.15) is 0 Å². The zero-order valence-electron chi connectivity index (χ0n) is 13.1. The van der Waals surface area contributed by atoms with Crippen molar-refractivity contribution in [1.82, 2.24) is 0 Å². The molecule has 0 heterocycles. The molecule has 0 atom stereocenters. The van der Waals surface area contributed by atoms with Gasteiger partial charge in [0.15, 0.2) is 0 Å². The van der Waals surface area contributed by atoms with Crippen LogP contribution in [0.25, 0.3) is 0 Å².